The number of alkyl halides is 3. The van der Waals surface area contributed by atoms with Crippen LogP contribution in [-0.4, -0.2) is 29.6 Å². The molecule has 0 spiro atoms. The van der Waals surface area contributed by atoms with E-state index in [1.54, 1.807) is 7.05 Å². The molecule has 0 aliphatic rings. The van der Waals surface area contributed by atoms with Crippen molar-refractivity contribution in [1.29, 1.82) is 0 Å². The van der Waals surface area contributed by atoms with Gasteiger partial charge in [-0.1, -0.05) is 23.4 Å². The largest absolute Gasteiger partial charge is 0.417 e. The summed E-state index contributed by atoms with van der Waals surface area (Å²) >= 11 is 7.20. The smallest absolute Gasteiger partial charge is 0.305 e. The molecule has 0 saturated heterocycles. The van der Waals surface area contributed by atoms with Crippen molar-refractivity contribution in [3.63, 3.8) is 0 Å². The van der Waals surface area contributed by atoms with Crippen LogP contribution in [0.5, 0.6) is 0 Å². The predicted molar refractivity (Wildman–Crippen MR) is 73.6 cm³/mol. The summed E-state index contributed by atoms with van der Waals surface area (Å²) in [5.74, 6) is 0.410. The lowest BCUT2D eigenvalue weighted by atomic mass is 10.3. The van der Waals surface area contributed by atoms with Gasteiger partial charge in [-0.05, 0) is 16.5 Å². The minimum Gasteiger partial charge on any atom is -0.305 e. The zero-order chi connectivity index (χ0) is 15.9. The van der Waals surface area contributed by atoms with E-state index >= 15 is 0 Å². The van der Waals surface area contributed by atoms with Crippen molar-refractivity contribution in [1.82, 2.24) is 29.6 Å². The molecule has 0 radical (unpaired) electrons. The third kappa shape index (κ3) is 2.88. The third-order valence-electron chi connectivity index (χ3n) is 2.81. The molecule has 0 amide bonds. The van der Waals surface area contributed by atoms with Crippen LogP contribution in [0.4, 0.5) is 13.2 Å². The molecule has 0 atom stereocenters. The van der Waals surface area contributed by atoms with E-state index in [1.165, 1.54) is 27.0 Å². The van der Waals surface area contributed by atoms with Crippen LogP contribution < -0.4 is 0 Å². The molecule has 0 N–H and O–H groups in total. The zero-order valence-electron chi connectivity index (χ0n) is 11.0. The minimum absolute atomic E-state index is 0.0496. The van der Waals surface area contributed by atoms with Crippen LogP contribution >= 0.6 is 23.4 Å². The SMILES string of the molecule is Cn1nnnc1SCc1cn2cc(C(F)(F)F)cc(Cl)c2n1. The summed E-state index contributed by atoms with van der Waals surface area (Å²) in [7, 11) is 1.69. The van der Waals surface area contributed by atoms with Crippen LogP contribution in [0.3, 0.4) is 0 Å². The van der Waals surface area contributed by atoms with Gasteiger partial charge in [-0.25, -0.2) is 9.67 Å². The van der Waals surface area contributed by atoms with Crippen molar-refractivity contribution in [2.45, 2.75) is 17.1 Å². The molecule has 0 aliphatic heterocycles. The molecule has 116 valence electrons. The maximum atomic E-state index is 12.8. The quantitative estimate of drug-likeness (QED) is 0.681. The Bertz CT molecular complexity index is 827. The molecule has 11 heteroatoms. The topological polar surface area (TPSA) is 60.9 Å². The monoisotopic (exact) mass is 348 g/mol. The van der Waals surface area contributed by atoms with Crippen LogP contribution in [0, 0.1) is 0 Å². The van der Waals surface area contributed by atoms with Gasteiger partial charge in [0.05, 0.1) is 16.3 Å². The molecule has 0 bridgehead atoms. The number of aromatic nitrogens is 6. The lowest BCUT2D eigenvalue weighted by Gasteiger charge is -2.07. The van der Waals surface area contributed by atoms with Crippen molar-refractivity contribution in [3.05, 3.63) is 34.7 Å². The summed E-state index contributed by atoms with van der Waals surface area (Å²) in [4.78, 5) is 4.23. The van der Waals surface area contributed by atoms with Gasteiger partial charge < -0.3 is 4.40 Å². The lowest BCUT2D eigenvalue weighted by molar-refractivity contribution is -0.137. The number of hydrogen-bond acceptors (Lipinski definition) is 5. The summed E-state index contributed by atoms with van der Waals surface area (Å²) < 4.78 is 41.0. The Labute approximate surface area is 131 Å². The van der Waals surface area contributed by atoms with E-state index in [2.05, 4.69) is 20.5 Å². The second-order valence-electron chi connectivity index (χ2n) is 4.41. The first kappa shape index (κ1) is 15.1. The fourth-order valence-electron chi connectivity index (χ4n) is 1.81. The van der Waals surface area contributed by atoms with Gasteiger partial charge in [-0.2, -0.15) is 13.2 Å². The van der Waals surface area contributed by atoms with Crippen LogP contribution in [0.1, 0.15) is 11.3 Å². The van der Waals surface area contributed by atoms with Gasteiger partial charge in [0, 0.05) is 25.2 Å². The highest BCUT2D eigenvalue weighted by atomic mass is 35.5. The number of halogens is 4. The molecule has 3 heterocycles. The van der Waals surface area contributed by atoms with Crippen molar-refractivity contribution >= 4 is 29.0 Å². The lowest BCUT2D eigenvalue weighted by Crippen LogP contribution is -2.06. The average molecular weight is 349 g/mol. The van der Waals surface area contributed by atoms with Crippen molar-refractivity contribution in [2.24, 2.45) is 7.05 Å². The van der Waals surface area contributed by atoms with Crippen LogP contribution in [0.2, 0.25) is 5.02 Å². The second kappa shape index (κ2) is 5.43. The summed E-state index contributed by atoms with van der Waals surface area (Å²) in [6.45, 7) is 0. The van der Waals surface area contributed by atoms with E-state index in [0.29, 0.717) is 16.6 Å². The van der Waals surface area contributed by atoms with Crippen LogP contribution in [0.15, 0.2) is 23.6 Å². The Morgan fingerprint density at radius 2 is 2.09 bits per heavy atom. The van der Waals surface area contributed by atoms with E-state index in [-0.39, 0.29) is 10.7 Å². The van der Waals surface area contributed by atoms with E-state index in [4.69, 9.17) is 11.6 Å². The highest BCUT2D eigenvalue weighted by molar-refractivity contribution is 7.98. The van der Waals surface area contributed by atoms with Gasteiger partial charge in [0.25, 0.3) is 0 Å². The first-order chi connectivity index (χ1) is 10.3. The Kier molecular flexibility index (Phi) is 3.73. The molecular formula is C11H8ClF3N6S. The molecule has 0 fully saturated rings. The number of fused-ring (bicyclic) bond motifs is 1. The van der Waals surface area contributed by atoms with E-state index < -0.39 is 11.7 Å². The van der Waals surface area contributed by atoms with Crippen LogP contribution in [0.25, 0.3) is 5.65 Å². The summed E-state index contributed by atoms with van der Waals surface area (Å²) in [6.07, 6.45) is -1.99. The van der Waals surface area contributed by atoms with Crippen LogP contribution in [-0.2, 0) is 19.0 Å². The standard InChI is InChI=1S/C11H8ClF3N6S/c1-20-10(17-18-19-20)22-5-7-4-21-3-6(11(13,14)15)2-8(12)9(21)16-7/h2-4H,5H2,1H3. The minimum atomic E-state index is -4.46. The summed E-state index contributed by atoms with van der Waals surface area (Å²) in [6, 6.07) is 0.868. The Morgan fingerprint density at radius 3 is 2.73 bits per heavy atom. The van der Waals surface area contributed by atoms with Gasteiger partial charge in [-0.3, -0.25) is 0 Å². The van der Waals surface area contributed by atoms with Crippen molar-refractivity contribution in [2.75, 3.05) is 0 Å². The molecule has 0 saturated carbocycles. The number of hydrogen-bond donors (Lipinski definition) is 0. The van der Waals surface area contributed by atoms with Gasteiger partial charge >= 0.3 is 6.18 Å². The number of imidazole rings is 1. The van der Waals surface area contributed by atoms with E-state index in [9.17, 15) is 13.2 Å². The third-order valence-corrected chi connectivity index (χ3v) is 4.14. The van der Waals surface area contributed by atoms with Crippen molar-refractivity contribution in [3.8, 4) is 0 Å². The number of thioether (sulfide) groups is 1. The molecule has 6 nitrogen and oxygen atoms in total. The van der Waals surface area contributed by atoms with Gasteiger partial charge in [0.15, 0.2) is 5.65 Å². The molecule has 3 aromatic heterocycles. The Morgan fingerprint density at radius 1 is 1.32 bits per heavy atom. The first-order valence-corrected chi connectivity index (χ1v) is 7.30. The molecule has 3 aromatic rings. The zero-order valence-corrected chi connectivity index (χ0v) is 12.6. The second-order valence-corrected chi connectivity index (χ2v) is 5.76. The Balaban J connectivity index is 1.89. The maximum Gasteiger partial charge on any atom is 0.417 e. The van der Waals surface area contributed by atoms with E-state index in [0.717, 1.165) is 12.3 Å². The fourth-order valence-corrected chi connectivity index (χ4v) is 2.81. The summed E-state index contributed by atoms with van der Waals surface area (Å²) in [5, 5.41) is 11.5. The van der Waals surface area contributed by atoms with Gasteiger partial charge in [-0.15, -0.1) is 5.10 Å². The normalized spacial score (nSPS) is 12.2. The average Bonchev–Trinajstić information content (AvgIpc) is 3.01. The number of nitrogens with zero attached hydrogens (tertiary/aromatic N) is 6. The predicted octanol–water partition coefficient (Wildman–Crippen LogP) is 2.82. The molecule has 0 aliphatic carbocycles. The molecular weight excluding hydrogens is 341 g/mol. The van der Waals surface area contributed by atoms with Crippen molar-refractivity contribution < 1.29 is 13.2 Å². The first-order valence-electron chi connectivity index (χ1n) is 5.94. The number of aryl methyl sites for hydroxylation is 1. The fraction of sp³-hybridized carbons (Fsp3) is 0.273. The Hall–Kier alpha value is -1.81. The molecule has 3 rings (SSSR count). The molecule has 0 unspecified atom stereocenters. The highest BCUT2D eigenvalue weighted by Gasteiger charge is 2.31. The van der Waals surface area contributed by atoms with Gasteiger partial charge in [0.2, 0.25) is 5.16 Å². The summed E-state index contributed by atoms with van der Waals surface area (Å²) in [5.41, 5.74) is 0.0367. The van der Waals surface area contributed by atoms with E-state index in [1.807, 2.05) is 0 Å². The maximum absolute atomic E-state index is 12.8. The number of tetrazole rings is 1. The highest BCUT2D eigenvalue weighted by Crippen LogP contribution is 2.32. The number of rotatable bonds is 3. The molecule has 22 heavy (non-hydrogen) atoms. The molecule has 0 aromatic carbocycles. The van der Waals surface area contributed by atoms with Gasteiger partial charge in [0.1, 0.15) is 0 Å². The number of pyridine rings is 1.